The Morgan fingerprint density at radius 2 is 1.63 bits per heavy atom. The lowest BCUT2D eigenvalue weighted by molar-refractivity contribution is -0.139. The summed E-state index contributed by atoms with van der Waals surface area (Å²) in [5.74, 6) is -1.04. The van der Waals surface area contributed by atoms with E-state index in [0.29, 0.717) is 0 Å². The molecule has 0 spiro atoms. The SMILES string of the molecule is CCCCCC/C=C/C(C(=O)OC)=C(\C)C(=O)OC. The maximum atomic E-state index is 11.6. The number of hydrogen-bond donors (Lipinski definition) is 0. The van der Waals surface area contributed by atoms with Crippen LogP contribution in [-0.4, -0.2) is 26.2 Å². The number of allylic oxidation sites excluding steroid dienone is 1. The molecule has 4 heteroatoms. The monoisotopic (exact) mass is 268 g/mol. The summed E-state index contributed by atoms with van der Waals surface area (Å²) in [5, 5.41) is 0. The van der Waals surface area contributed by atoms with Crippen molar-refractivity contribution in [2.24, 2.45) is 0 Å². The van der Waals surface area contributed by atoms with E-state index in [9.17, 15) is 9.59 Å². The Hall–Kier alpha value is -1.58. The molecule has 0 aromatic heterocycles. The van der Waals surface area contributed by atoms with Crippen LogP contribution >= 0.6 is 0 Å². The Morgan fingerprint density at radius 1 is 1.00 bits per heavy atom. The van der Waals surface area contributed by atoms with Gasteiger partial charge in [-0.25, -0.2) is 9.59 Å². The molecule has 108 valence electrons. The summed E-state index contributed by atoms with van der Waals surface area (Å²) in [6.45, 7) is 3.72. The highest BCUT2D eigenvalue weighted by Crippen LogP contribution is 2.11. The first kappa shape index (κ1) is 17.4. The fourth-order valence-corrected chi connectivity index (χ4v) is 1.61. The minimum atomic E-state index is -0.521. The average molecular weight is 268 g/mol. The zero-order valence-corrected chi connectivity index (χ0v) is 12.3. The van der Waals surface area contributed by atoms with E-state index in [1.165, 1.54) is 33.5 Å². The summed E-state index contributed by atoms with van der Waals surface area (Å²) < 4.78 is 9.28. The van der Waals surface area contributed by atoms with E-state index in [4.69, 9.17) is 0 Å². The van der Waals surface area contributed by atoms with Crippen molar-refractivity contribution in [3.63, 3.8) is 0 Å². The van der Waals surface area contributed by atoms with Crippen molar-refractivity contribution in [3.05, 3.63) is 23.3 Å². The van der Waals surface area contributed by atoms with Gasteiger partial charge in [0.25, 0.3) is 0 Å². The van der Waals surface area contributed by atoms with Crippen LogP contribution in [0.15, 0.2) is 23.3 Å². The van der Waals surface area contributed by atoms with Crippen LogP contribution in [0.3, 0.4) is 0 Å². The second-order valence-electron chi connectivity index (χ2n) is 4.27. The molecule has 4 nitrogen and oxygen atoms in total. The fourth-order valence-electron chi connectivity index (χ4n) is 1.61. The van der Waals surface area contributed by atoms with Gasteiger partial charge in [0.2, 0.25) is 0 Å². The molecule has 0 aliphatic carbocycles. The largest absolute Gasteiger partial charge is 0.466 e. The molecule has 0 atom stereocenters. The Kier molecular flexibility index (Phi) is 9.49. The molecule has 0 saturated heterocycles. The summed E-state index contributed by atoms with van der Waals surface area (Å²) in [6.07, 6.45) is 9.09. The number of unbranched alkanes of at least 4 members (excludes halogenated alkanes) is 4. The molecule has 0 N–H and O–H groups in total. The molecule has 0 aliphatic rings. The molecule has 0 unspecified atom stereocenters. The summed E-state index contributed by atoms with van der Waals surface area (Å²) in [4.78, 5) is 23.0. The molecule has 0 amide bonds. The quantitative estimate of drug-likeness (QED) is 0.294. The van der Waals surface area contributed by atoms with Gasteiger partial charge in [-0.05, 0) is 19.8 Å². The molecule has 0 bridgehead atoms. The van der Waals surface area contributed by atoms with Gasteiger partial charge in [0.05, 0.1) is 19.8 Å². The smallest absolute Gasteiger partial charge is 0.338 e. The van der Waals surface area contributed by atoms with Crippen molar-refractivity contribution in [1.82, 2.24) is 0 Å². The molecule has 0 aliphatic heterocycles. The van der Waals surface area contributed by atoms with Gasteiger partial charge in [0, 0.05) is 5.57 Å². The predicted molar refractivity (Wildman–Crippen MR) is 74.6 cm³/mol. The van der Waals surface area contributed by atoms with Gasteiger partial charge in [0.1, 0.15) is 0 Å². The van der Waals surface area contributed by atoms with Crippen LogP contribution < -0.4 is 0 Å². The van der Waals surface area contributed by atoms with E-state index in [1.807, 2.05) is 6.08 Å². The van der Waals surface area contributed by atoms with Gasteiger partial charge in [0.15, 0.2) is 0 Å². The Bertz CT molecular complexity index is 353. The maximum Gasteiger partial charge on any atom is 0.338 e. The highest BCUT2D eigenvalue weighted by molar-refractivity contribution is 6.01. The highest BCUT2D eigenvalue weighted by atomic mass is 16.5. The van der Waals surface area contributed by atoms with E-state index in [-0.39, 0.29) is 11.1 Å². The lowest BCUT2D eigenvalue weighted by Crippen LogP contribution is -2.11. The summed E-state index contributed by atoms with van der Waals surface area (Å²) in [5.41, 5.74) is 0.518. The predicted octanol–water partition coefficient (Wildman–Crippen LogP) is 3.18. The Morgan fingerprint density at radius 3 is 2.16 bits per heavy atom. The Labute approximate surface area is 115 Å². The second-order valence-corrected chi connectivity index (χ2v) is 4.27. The Balaban J connectivity index is 4.66. The molecular formula is C15H24O4. The van der Waals surface area contributed by atoms with Gasteiger partial charge in [-0.3, -0.25) is 0 Å². The van der Waals surface area contributed by atoms with Gasteiger partial charge in [-0.1, -0.05) is 38.3 Å². The summed E-state index contributed by atoms with van der Waals surface area (Å²) in [7, 11) is 2.58. The van der Waals surface area contributed by atoms with Crippen molar-refractivity contribution < 1.29 is 19.1 Å². The minimum absolute atomic E-state index is 0.254. The zero-order chi connectivity index (χ0) is 14.7. The van der Waals surface area contributed by atoms with Gasteiger partial charge in [-0.15, -0.1) is 0 Å². The van der Waals surface area contributed by atoms with Crippen molar-refractivity contribution >= 4 is 11.9 Å². The van der Waals surface area contributed by atoms with Gasteiger partial charge in [-0.2, -0.15) is 0 Å². The number of hydrogen-bond acceptors (Lipinski definition) is 4. The van der Waals surface area contributed by atoms with E-state index in [2.05, 4.69) is 16.4 Å². The summed E-state index contributed by atoms with van der Waals surface area (Å²) in [6, 6.07) is 0. The molecule has 0 aromatic carbocycles. The maximum absolute atomic E-state index is 11.6. The lowest BCUT2D eigenvalue weighted by atomic mass is 10.1. The molecule has 0 rings (SSSR count). The third-order valence-corrected chi connectivity index (χ3v) is 2.81. The van der Waals surface area contributed by atoms with E-state index in [1.54, 1.807) is 13.0 Å². The first-order chi connectivity index (χ1) is 9.08. The highest BCUT2D eigenvalue weighted by Gasteiger charge is 2.15. The summed E-state index contributed by atoms with van der Waals surface area (Å²) >= 11 is 0. The van der Waals surface area contributed by atoms with Crippen LogP contribution in [0.5, 0.6) is 0 Å². The van der Waals surface area contributed by atoms with Crippen LogP contribution in [-0.2, 0) is 19.1 Å². The number of rotatable bonds is 8. The van der Waals surface area contributed by atoms with Crippen LogP contribution in [0.4, 0.5) is 0 Å². The molecular weight excluding hydrogens is 244 g/mol. The topological polar surface area (TPSA) is 52.6 Å². The van der Waals surface area contributed by atoms with Gasteiger partial charge < -0.3 is 9.47 Å². The normalized spacial score (nSPS) is 12.2. The van der Waals surface area contributed by atoms with E-state index in [0.717, 1.165) is 12.8 Å². The first-order valence-corrected chi connectivity index (χ1v) is 6.62. The molecule has 0 saturated carbocycles. The minimum Gasteiger partial charge on any atom is -0.466 e. The number of carbonyl (C=O) groups excluding carboxylic acids is 2. The van der Waals surface area contributed by atoms with Crippen molar-refractivity contribution in [3.8, 4) is 0 Å². The van der Waals surface area contributed by atoms with Crippen molar-refractivity contribution in [1.29, 1.82) is 0 Å². The van der Waals surface area contributed by atoms with Crippen molar-refractivity contribution in [2.75, 3.05) is 14.2 Å². The average Bonchev–Trinajstić information content (AvgIpc) is 2.44. The van der Waals surface area contributed by atoms with E-state index < -0.39 is 11.9 Å². The number of esters is 2. The molecule has 0 fully saturated rings. The van der Waals surface area contributed by atoms with Crippen LogP contribution in [0.25, 0.3) is 0 Å². The first-order valence-electron chi connectivity index (χ1n) is 6.62. The van der Waals surface area contributed by atoms with Crippen LogP contribution in [0.2, 0.25) is 0 Å². The second kappa shape index (κ2) is 10.4. The number of carbonyl (C=O) groups is 2. The van der Waals surface area contributed by atoms with E-state index >= 15 is 0 Å². The van der Waals surface area contributed by atoms with Gasteiger partial charge >= 0.3 is 11.9 Å². The fraction of sp³-hybridized carbons (Fsp3) is 0.600. The molecule has 19 heavy (non-hydrogen) atoms. The third-order valence-electron chi connectivity index (χ3n) is 2.81. The standard InChI is InChI=1S/C15H24O4/c1-5-6-7-8-9-10-11-13(15(17)19-4)12(2)14(16)18-3/h10-11H,5-9H2,1-4H3/b11-10+,13-12-. The zero-order valence-electron chi connectivity index (χ0n) is 12.3. The molecule has 0 radical (unpaired) electrons. The van der Waals surface area contributed by atoms with Crippen LogP contribution in [0, 0.1) is 0 Å². The van der Waals surface area contributed by atoms with Crippen molar-refractivity contribution in [2.45, 2.75) is 46.0 Å². The molecule has 0 heterocycles. The lowest BCUT2D eigenvalue weighted by Gasteiger charge is -2.05. The van der Waals surface area contributed by atoms with Crippen LogP contribution in [0.1, 0.15) is 46.0 Å². The number of ether oxygens (including phenoxy) is 2. The molecule has 0 aromatic rings. The number of methoxy groups -OCH3 is 2. The third kappa shape index (κ3) is 6.79.